The molecule has 156 valence electrons. The summed E-state index contributed by atoms with van der Waals surface area (Å²) >= 11 is 0. The maximum atomic E-state index is 5.00. The second-order valence-corrected chi connectivity index (χ2v) is 8.74. The topological polar surface area (TPSA) is 39.7 Å². The molecule has 5 heteroatoms. The summed E-state index contributed by atoms with van der Waals surface area (Å²) in [7, 11) is 0. The SMILES string of the molecule is CCNC(=NCC(C1CC1)C1CC1)NC1CCN(Cc2ccccc2)CC1.I. The summed E-state index contributed by atoms with van der Waals surface area (Å²) in [6, 6.07) is 11.4. The second kappa shape index (κ2) is 10.8. The Labute approximate surface area is 188 Å². The van der Waals surface area contributed by atoms with Gasteiger partial charge in [-0.25, -0.2) is 0 Å². The Kier molecular flexibility index (Phi) is 8.45. The number of nitrogens with one attached hydrogen (secondary N) is 2. The minimum Gasteiger partial charge on any atom is -0.357 e. The zero-order chi connectivity index (χ0) is 18.5. The van der Waals surface area contributed by atoms with Crippen molar-refractivity contribution >= 4 is 29.9 Å². The van der Waals surface area contributed by atoms with Crippen LogP contribution in [-0.4, -0.2) is 43.1 Å². The summed E-state index contributed by atoms with van der Waals surface area (Å²) in [5, 5.41) is 7.21. The number of hydrogen-bond acceptors (Lipinski definition) is 2. The quantitative estimate of drug-likeness (QED) is 0.321. The van der Waals surface area contributed by atoms with E-state index in [1.54, 1.807) is 0 Å². The number of halogens is 1. The molecule has 1 aliphatic heterocycles. The number of nitrogens with zero attached hydrogens (tertiary/aromatic N) is 2. The van der Waals surface area contributed by atoms with Gasteiger partial charge >= 0.3 is 0 Å². The third-order valence-corrected chi connectivity index (χ3v) is 6.44. The van der Waals surface area contributed by atoms with Crippen molar-refractivity contribution in [3.8, 4) is 0 Å². The van der Waals surface area contributed by atoms with Crippen molar-refractivity contribution in [2.24, 2.45) is 22.7 Å². The van der Waals surface area contributed by atoms with E-state index in [1.807, 2.05) is 0 Å². The first-order valence-corrected chi connectivity index (χ1v) is 11.1. The first kappa shape index (κ1) is 21.9. The molecule has 4 rings (SSSR count). The van der Waals surface area contributed by atoms with Crippen LogP contribution in [0.4, 0.5) is 0 Å². The van der Waals surface area contributed by atoms with Crippen LogP contribution in [0, 0.1) is 17.8 Å². The van der Waals surface area contributed by atoms with Gasteiger partial charge in [0.1, 0.15) is 0 Å². The molecule has 0 atom stereocenters. The van der Waals surface area contributed by atoms with E-state index in [-0.39, 0.29) is 24.0 Å². The number of benzene rings is 1. The van der Waals surface area contributed by atoms with Gasteiger partial charge in [-0.15, -0.1) is 24.0 Å². The van der Waals surface area contributed by atoms with Crippen molar-refractivity contribution in [1.82, 2.24) is 15.5 Å². The van der Waals surface area contributed by atoms with Crippen molar-refractivity contribution < 1.29 is 0 Å². The lowest BCUT2D eigenvalue weighted by molar-refractivity contribution is 0.198. The Hall–Kier alpha value is -0.820. The minimum atomic E-state index is 0. The van der Waals surface area contributed by atoms with E-state index in [4.69, 9.17) is 4.99 Å². The molecule has 0 amide bonds. The van der Waals surface area contributed by atoms with Gasteiger partial charge < -0.3 is 10.6 Å². The fourth-order valence-corrected chi connectivity index (χ4v) is 4.52. The van der Waals surface area contributed by atoms with Gasteiger partial charge in [-0.3, -0.25) is 9.89 Å². The Morgan fingerprint density at radius 1 is 1.04 bits per heavy atom. The predicted octanol–water partition coefficient (Wildman–Crippen LogP) is 4.26. The number of piperidine rings is 1. The maximum absolute atomic E-state index is 5.00. The molecule has 0 bridgehead atoms. The molecular formula is C23H37IN4. The number of aliphatic imine (C=N–C) groups is 1. The number of hydrogen-bond donors (Lipinski definition) is 2. The maximum Gasteiger partial charge on any atom is 0.191 e. The van der Waals surface area contributed by atoms with Crippen LogP contribution in [0.3, 0.4) is 0 Å². The standard InChI is InChI=1S/C23H36N4.HI/c1-2-24-23(25-16-22(19-8-9-19)20-10-11-20)26-21-12-14-27(15-13-21)17-18-6-4-3-5-7-18;/h3-7,19-22H,2,8-17H2,1H3,(H2,24,25,26);1H. The summed E-state index contributed by atoms with van der Waals surface area (Å²) in [6.45, 7) is 7.54. The van der Waals surface area contributed by atoms with Gasteiger partial charge in [-0.1, -0.05) is 30.3 Å². The predicted molar refractivity (Wildman–Crippen MR) is 128 cm³/mol. The zero-order valence-corrected chi connectivity index (χ0v) is 19.6. The molecule has 2 aliphatic carbocycles. The van der Waals surface area contributed by atoms with Gasteiger partial charge in [-0.2, -0.15) is 0 Å². The monoisotopic (exact) mass is 496 g/mol. The molecule has 4 nitrogen and oxygen atoms in total. The Morgan fingerprint density at radius 3 is 2.25 bits per heavy atom. The summed E-state index contributed by atoms with van der Waals surface area (Å²) in [5.74, 6) is 3.86. The van der Waals surface area contributed by atoms with E-state index < -0.39 is 0 Å². The first-order valence-electron chi connectivity index (χ1n) is 11.1. The average Bonchev–Trinajstić information content (AvgIpc) is 3.59. The number of rotatable bonds is 8. The number of guanidine groups is 1. The Bertz CT molecular complexity index is 592. The van der Waals surface area contributed by atoms with Gasteiger partial charge in [0.15, 0.2) is 5.96 Å². The molecular weight excluding hydrogens is 459 g/mol. The van der Waals surface area contributed by atoms with E-state index in [9.17, 15) is 0 Å². The lowest BCUT2D eigenvalue weighted by Crippen LogP contribution is -2.48. The summed E-state index contributed by atoms with van der Waals surface area (Å²) in [6.07, 6.45) is 8.18. The number of likely N-dealkylation sites (tertiary alicyclic amines) is 1. The summed E-state index contributed by atoms with van der Waals surface area (Å²) in [5.41, 5.74) is 1.42. The minimum absolute atomic E-state index is 0. The molecule has 1 aromatic rings. The van der Waals surface area contributed by atoms with Crippen molar-refractivity contribution in [3.05, 3.63) is 35.9 Å². The van der Waals surface area contributed by atoms with Crippen LogP contribution in [0.2, 0.25) is 0 Å². The largest absolute Gasteiger partial charge is 0.357 e. The van der Waals surface area contributed by atoms with Crippen LogP contribution in [0.25, 0.3) is 0 Å². The van der Waals surface area contributed by atoms with E-state index in [0.717, 1.165) is 43.3 Å². The molecule has 1 saturated heterocycles. The average molecular weight is 496 g/mol. The lowest BCUT2D eigenvalue weighted by atomic mass is 9.98. The highest BCUT2D eigenvalue weighted by Crippen LogP contribution is 2.49. The van der Waals surface area contributed by atoms with Gasteiger partial charge in [0.25, 0.3) is 0 Å². The van der Waals surface area contributed by atoms with Crippen LogP contribution in [-0.2, 0) is 6.54 Å². The fraction of sp³-hybridized carbons (Fsp3) is 0.696. The fourth-order valence-electron chi connectivity index (χ4n) is 4.52. The van der Waals surface area contributed by atoms with E-state index in [1.165, 1.54) is 57.2 Å². The van der Waals surface area contributed by atoms with Crippen molar-refractivity contribution in [2.45, 2.75) is 58.0 Å². The molecule has 0 unspecified atom stereocenters. The van der Waals surface area contributed by atoms with Crippen molar-refractivity contribution in [2.75, 3.05) is 26.2 Å². The Morgan fingerprint density at radius 2 is 1.68 bits per heavy atom. The normalized spacial score (nSPS) is 21.4. The summed E-state index contributed by atoms with van der Waals surface area (Å²) < 4.78 is 0. The Balaban J connectivity index is 0.00000225. The highest BCUT2D eigenvalue weighted by atomic mass is 127. The van der Waals surface area contributed by atoms with Gasteiger partial charge in [0, 0.05) is 38.8 Å². The summed E-state index contributed by atoms with van der Waals surface area (Å²) in [4.78, 5) is 7.58. The van der Waals surface area contributed by atoms with E-state index in [2.05, 4.69) is 52.8 Å². The van der Waals surface area contributed by atoms with Gasteiger partial charge in [0.2, 0.25) is 0 Å². The van der Waals surface area contributed by atoms with Crippen molar-refractivity contribution in [1.29, 1.82) is 0 Å². The van der Waals surface area contributed by atoms with Gasteiger partial charge in [-0.05, 0) is 68.8 Å². The molecule has 2 saturated carbocycles. The van der Waals surface area contributed by atoms with Gasteiger partial charge in [0.05, 0.1) is 0 Å². The smallest absolute Gasteiger partial charge is 0.191 e. The highest BCUT2D eigenvalue weighted by Gasteiger charge is 2.41. The molecule has 1 heterocycles. The molecule has 2 N–H and O–H groups in total. The van der Waals surface area contributed by atoms with Crippen LogP contribution < -0.4 is 10.6 Å². The van der Waals surface area contributed by atoms with Crippen LogP contribution >= 0.6 is 24.0 Å². The zero-order valence-electron chi connectivity index (χ0n) is 17.3. The third kappa shape index (κ3) is 6.61. The molecule has 0 spiro atoms. The molecule has 3 fully saturated rings. The third-order valence-electron chi connectivity index (χ3n) is 6.44. The van der Waals surface area contributed by atoms with E-state index in [0.29, 0.717) is 6.04 Å². The van der Waals surface area contributed by atoms with Crippen LogP contribution in [0.5, 0.6) is 0 Å². The molecule has 28 heavy (non-hydrogen) atoms. The molecule has 1 aromatic carbocycles. The lowest BCUT2D eigenvalue weighted by Gasteiger charge is -2.33. The second-order valence-electron chi connectivity index (χ2n) is 8.74. The molecule has 0 aromatic heterocycles. The van der Waals surface area contributed by atoms with E-state index >= 15 is 0 Å². The van der Waals surface area contributed by atoms with Crippen LogP contribution in [0.15, 0.2) is 35.3 Å². The van der Waals surface area contributed by atoms with Crippen LogP contribution in [0.1, 0.15) is 51.0 Å². The first-order chi connectivity index (χ1) is 13.3. The highest BCUT2D eigenvalue weighted by molar-refractivity contribution is 14.0. The molecule has 3 aliphatic rings. The van der Waals surface area contributed by atoms with Crippen molar-refractivity contribution in [3.63, 3.8) is 0 Å². The molecule has 0 radical (unpaired) electrons.